The molecule has 3 atom stereocenters. The maximum atomic E-state index is 13.2. The minimum Gasteiger partial charge on any atom is -0.467 e. The van der Waals surface area contributed by atoms with Gasteiger partial charge in [0, 0.05) is 30.2 Å². The van der Waals surface area contributed by atoms with Crippen LogP contribution in [0.2, 0.25) is 0 Å². The van der Waals surface area contributed by atoms with E-state index in [1.807, 2.05) is 50.2 Å². The summed E-state index contributed by atoms with van der Waals surface area (Å²) in [6, 6.07) is 10.6. The number of aromatic nitrogens is 2. The molecule has 2 aliphatic rings. The van der Waals surface area contributed by atoms with Gasteiger partial charge in [0.1, 0.15) is 17.5 Å². The largest absolute Gasteiger partial charge is 0.467 e. The van der Waals surface area contributed by atoms with E-state index in [1.165, 1.54) is 7.11 Å². The summed E-state index contributed by atoms with van der Waals surface area (Å²) in [6.07, 6.45) is 3.51. The molecule has 2 aliphatic heterocycles. The predicted molar refractivity (Wildman–Crippen MR) is 110 cm³/mol. The molecule has 2 fully saturated rings. The lowest BCUT2D eigenvalue weighted by molar-refractivity contribution is -0.167. The second-order valence-corrected chi connectivity index (χ2v) is 9.55. The molecule has 0 aromatic carbocycles. The van der Waals surface area contributed by atoms with Crippen molar-refractivity contribution in [2.75, 3.05) is 7.11 Å². The SMILES string of the molecule is COC(=O)[C@@H]1N2C(=O)[C@@H](N(Cc3ccccn3)Cc3ccccn3)[C@@H]2SC1(C)C. The molecular formula is C21H24N4O3S. The highest BCUT2D eigenvalue weighted by atomic mass is 32.2. The molecule has 8 heteroatoms. The lowest BCUT2D eigenvalue weighted by Crippen LogP contribution is -2.70. The number of amides is 1. The van der Waals surface area contributed by atoms with Gasteiger partial charge in [0.05, 0.1) is 18.5 Å². The molecule has 0 unspecified atom stereocenters. The molecule has 2 aromatic heterocycles. The van der Waals surface area contributed by atoms with Crippen LogP contribution < -0.4 is 0 Å². The Balaban J connectivity index is 1.61. The second-order valence-electron chi connectivity index (χ2n) is 7.78. The number of carbonyl (C=O) groups excluding carboxylic acids is 2. The number of ether oxygens (including phenoxy) is 1. The summed E-state index contributed by atoms with van der Waals surface area (Å²) in [7, 11) is 1.37. The number of rotatable bonds is 6. The number of fused-ring (bicyclic) bond motifs is 1. The van der Waals surface area contributed by atoms with E-state index in [-0.39, 0.29) is 23.3 Å². The van der Waals surface area contributed by atoms with E-state index in [0.717, 1.165) is 11.4 Å². The first-order valence-corrected chi connectivity index (χ1v) is 10.4. The Labute approximate surface area is 174 Å². The van der Waals surface area contributed by atoms with Crippen LogP contribution in [0.4, 0.5) is 0 Å². The average molecular weight is 413 g/mol. The molecule has 0 aliphatic carbocycles. The Bertz CT molecular complexity index is 852. The summed E-state index contributed by atoms with van der Waals surface area (Å²) < 4.78 is 4.57. The molecule has 0 spiro atoms. The van der Waals surface area contributed by atoms with Gasteiger partial charge >= 0.3 is 5.97 Å². The van der Waals surface area contributed by atoms with Gasteiger partial charge in [0.15, 0.2) is 0 Å². The van der Waals surface area contributed by atoms with Gasteiger partial charge in [-0.1, -0.05) is 12.1 Å². The molecule has 2 saturated heterocycles. The number of hydrogen-bond acceptors (Lipinski definition) is 7. The highest BCUT2D eigenvalue weighted by molar-refractivity contribution is 8.01. The number of methoxy groups -OCH3 is 1. The van der Waals surface area contributed by atoms with Crippen molar-refractivity contribution < 1.29 is 14.3 Å². The number of pyridine rings is 2. The van der Waals surface area contributed by atoms with Crippen molar-refractivity contribution in [3.05, 3.63) is 60.2 Å². The summed E-state index contributed by atoms with van der Waals surface area (Å²) in [4.78, 5) is 38.2. The number of esters is 1. The van der Waals surface area contributed by atoms with Crippen molar-refractivity contribution in [1.29, 1.82) is 0 Å². The fourth-order valence-electron chi connectivity index (χ4n) is 4.07. The van der Waals surface area contributed by atoms with E-state index in [9.17, 15) is 9.59 Å². The van der Waals surface area contributed by atoms with Crippen molar-refractivity contribution in [2.45, 2.75) is 49.1 Å². The monoisotopic (exact) mass is 412 g/mol. The molecule has 1 amide bonds. The summed E-state index contributed by atoms with van der Waals surface area (Å²) in [5, 5.41) is -0.103. The zero-order chi connectivity index (χ0) is 20.6. The number of carbonyl (C=O) groups is 2. The van der Waals surface area contributed by atoms with E-state index in [2.05, 4.69) is 14.9 Å². The van der Waals surface area contributed by atoms with Gasteiger partial charge in [0.25, 0.3) is 0 Å². The van der Waals surface area contributed by atoms with Gasteiger partial charge < -0.3 is 9.64 Å². The lowest BCUT2D eigenvalue weighted by Gasteiger charge is -2.48. The van der Waals surface area contributed by atoms with Gasteiger partial charge in [-0.05, 0) is 38.1 Å². The van der Waals surface area contributed by atoms with Crippen LogP contribution in [0.3, 0.4) is 0 Å². The Kier molecular flexibility index (Phi) is 5.31. The van der Waals surface area contributed by atoms with E-state index < -0.39 is 10.8 Å². The Morgan fingerprint density at radius 1 is 1.14 bits per heavy atom. The van der Waals surface area contributed by atoms with Gasteiger partial charge in [0.2, 0.25) is 5.91 Å². The predicted octanol–water partition coefficient (Wildman–Crippen LogP) is 2.08. The fraction of sp³-hybridized carbons (Fsp3) is 0.429. The molecule has 4 rings (SSSR count). The first kappa shape index (κ1) is 19.8. The summed E-state index contributed by atoms with van der Waals surface area (Å²) in [6.45, 7) is 5.04. The van der Waals surface area contributed by atoms with E-state index in [1.54, 1.807) is 29.1 Å². The minimum absolute atomic E-state index is 0.0460. The standard InChI is InChI=1S/C21H24N4O3S/c1-21(2)17(20(27)28-3)25-18(26)16(19(25)29-21)24(12-14-8-4-6-10-22-14)13-15-9-5-7-11-23-15/h4-11,16-17,19H,12-13H2,1-3H3/t16-,17+,19+/m1/s1. The molecule has 152 valence electrons. The van der Waals surface area contributed by atoms with E-state index in [0.29, 0.717) is 13.1 Å². The number of thioether (sulfide) groups is 1. The van der Waals surface area contributed by atoms with Crippen molar-refractivity contribution >= 4 is 23.6 Å². The molecule has 7 nitrogen and oxygen atoms in total. The maximum Gasteiger partial charge on any atom is 0.330 e. The smallest absolute Gasteiger partial charge is 0.330 e. The van der Waals surface area contributed by atoms with Crippen LogP contribution in [0.5, 0.6) is 0 Å². The Hall–Kier alpha value is -2.45. The number of nitrogens with zero attached hydrogens (tertiary/aromatic N) is 4. The van der Waals surface area contributed by atoms with Gasteiger partial charge in [-0.25, -0.2) is 4.79 Å². The van der Waals surface area contributed by atoms with Crippen LogP contribution in [0.25, 0.3) is 0 Å². The zero-order valence-corrected chi connectivity index (χ0v) is 17.5. The first-order chi connectivity index (χ1) is 13.9. The maximum absolute atomic E-state index is 13.2. The minimum atomic E-state index is -0.571. The van der Waals surface area contributed by atoms with Crippen LogP contribution in [-0.2, 0) is 27.4 Å². The van der Waals surface area contributed by atoms with Gasteiger partial charge in [-0.2, -0.15) is 0 Å². The lowest BCUT2D eigenvalue weighted by atomic mass is 9.95. The molecule has 2 aromatic rings. The van der Waals surface area contributed by atoms with Crippen molar-refractivity contribution in [1.82, 2.24) is 19.8 Å². The molecule has 0 saturated carbocycles. The van der Waals surface area contributed by atoms with Crippen LogP contribution in [0.1, 0.15) is 25.2 Å². The normalized spacial score (nSPS) is 24.9. The summed E-state index contributed by atoms with van der Waals surface area (Å²) >= 11 is 1.65. The van der Waals surface area contributed by atoms with Crippen LogP contribution >= 0.6 is 11.8 Å². The molecule has 0 radical (unpaired) electrons. The quantitative estimate of drug-likeness (QED) is 0.531. The Morgan fingerprint density at radius 3 is 2.21 bits per heavy atom. The van der Waals surface area contributed by atoms with Crippen LogP contribution in [-0.4, -0.2) is 61.0 Å². The third-order valence-corrected chi connectivity index (χ3v) is 6.97. The highest BCUT2D eigenvalue weighted by Gasteiger charge is 2.65. The second kappa shape index (κ2) is 7.76. The highest BCUT2D eigenvalue weighted by Crippen LogP contribution is 2.52. The molecular weight excluding hydrogens is 388 g/mol. The van der Waals surface area contributed by atoms with E-state index >= 15 is 0 Å². The van der Waals surface area contributed by atoms with Gasteiger partial charge in [-0.3, -0.25) is 19.7 Å². The van der Waals surface area contributed by atoms with Crippen molar-refractivity contribution in [2.24, 2.45) is 0 Å². The molecule has 0 N–H and O–H groups in total. The van der Waals surface area contributed by atoms with Crippen molar-refractivity contribution in [3.8, 4) is 0 Å². The third kappa shape index (κ3) is 3.62. The van der Waals surface area contributed by atoms with Crippen molar-refractivity contribution in [3.63, 3.8) is 0 Å². The van der Waals surface area contributed by atoms with E-state index in [4.69, 9.17) is 4.74 Å². The third-order valence-electron chi connectivity index (χ3n) is 5.41. The Morgan fingerprint density at radius 2 is 1.72 bits per heavy atom. The topological polar surface area (TPSA) is 75.6 Å². The summed E-state index contributed by atoms with van der Waals surface area (Å²) in [5.74, 6) is -0.409. The zero-order valence-electron chi connectivity index (χ0n) is 16.7. The van der Waals surface area contributed by atoms with Crippen LogP contribution in [0, 0.1) is 0 Å². The first-order valence-electron chi connectivity index (χ1n) is 9.54. The fourth-order valence-corrected chi connectivity index (χ4v) is 5.79. The number of β-lactam (4-membered cyclic amide) rings is 1. The average Bonchev–Trinajstić information content (AvgIpc) is 2.96. The molecule has 4 heterocycles. The van der Waals surface area contributed by atoms with Crippen LogP contribution in [0.15, 0.2) is 48.8 Å². The van der Waals surface area contributed by atoms with Gasteiger partial charge in [-0.15, -0.1) is 11.8 Å². The molecule has 29 heavy (non-hydrogen) atoms. The summed E-state index contributed by atoms with van der Waals surface area (Å²) in [5.41, 5.74) is 1.78. The number of hydrogen-bond donors (Lipinski definition) is 0. The molecule has 0 bridgehead atoms.